The van der Waals surface area contributed by atoms with Gasteiger partial charge in [-0.1, -0.05) is 53.2 Å². The number of hydrogen-bond acceptors (Lipinski definition) is 3. The average Bonchev–Trinajstić information content (AvgIpc) is 2.71. The molecule has 29 heavy (non-hydrogen) atoms. The summed E-state index contributed by atoms with van der Waals surface area (Å²) in [7, 11) is 0. The van der Waals surface area contributed by atoms with Gasteiger partial charge in [-0.15, -0.1) is 0 Å². The van der Waals surface area contributed by atoms with Gasteiger partial charge >= 0.3 is 0 Å². The van der Waals surface area contributed by atoms with E-state index >= 15 is 0 Å². The number of likely N-dealkylation sites (tertiary alicyclic amines) is 1. The van der Waals surface area contributed by atoms with Gasteiger partial charge in [0.05, 0.1) is 6.54 Å². The van der Waals surface area contributed by atoms with Crippen LogP contribution in [0.15, 0.2) is 53.0 Å². The van der Waals surface area contributed by atoms with Gasteiger partial charge in [-0.25, -0.2) is 0 Å². The van der Waals surface area contributed by atoms with Gasteiger partial charge in [0.1, 0.15) is 0 Å². The first kappa shape index (κ1) is 21.5. The summed E-state index contributed by atoms with van der Waals surface area (Å²) in [5, 5.41) is 5.49. The molecule has 6 heteroatoms. The molecule has 0 saturated carbocycles. The Balaban J connectivity index is 1.40. The maximum atomic E-state index is 12.1. The summed E-state index contributed by atoms with van der Waals surface area (Å²) in [4.78, 5) is 26.6. The zero-order valence-corrected chi connectivity index (χ0v) is 18.4. The molecule has 1 atom stereocenters. The molecular formula is C23H28BrN3O2. The van der Waals surface area contributed by atoms with Crippen LogP contribution in [0.3, 0.4) is 0 Å². The standard InChI is InChI=1S/C23H28BrN3O2/c1-17-4-3-11-27(15-17)16-19-9-7-18(8-10-19)13-25-22(28)14-26-23(29)20-5-2-6-21(24)12-20/h2,5-10,12,17H,3-4,11,13-16H2,1H3,(H,25,28)(H,26,29). The van der Waals surface area contributed by atoms with Gasteiger partial charge in [-0.3, -0.25) is 14.5 Å². The maximum Gasteiger partial charge on any atom is 0.251 e. The van der Waals surface area contributed by atoms with Crippen LogP contribution in [0.5, 0.6) is 0 Å². The van der Waals surface area contributed by atoms with Gasteiger partial charge in [0, 0.05) is 29.7 Å². The third-order valence-electron chi connectivity index (χ3n) is 5.16. The van der Waals surface area contributed by atoms with E-state index in [1.54, 1.807) is 18.2 Å². The van der Waals surface area contributed by atoms with E-state index in [4.69, 9.17) is 0 Å². The summed E-state index contributed by atoms with van der Waals surface area (Å²) < 4.78 is 0.827. The lowest BCUT2D eigenvalue weighted by atomic mass is 9.99. The fourth-order valence-electron chi connectivity index (χ4n) is 3.61. The van der Waals surface area contributed by atoms with Crippen molar-refractivity contribution in [3.63, 3.8) is 0 Å². The number of benzene rings is 2. The smallest absolute Gasteiger partial charge is 0.251 e. The van der Waals surface area contributed by atoms with E-state index in [0.717, 1.165) is 22.5 Å². The fourth-order valence-corrected chi connectivity index (χ4v) is 4.01. The zero-order chi connectivity index (χ0) is 20.6. The van der Waals surface area contributed by atoms with Crippen LogP contribution in [0.2, 0.25) is 0 Å². The first-order chi connectivity index (χ1) is 14.0. The monoisotopic (exact) mass is 457 g/mol. The van der Waals surface area contributed by atoms with Gasteiger partial charge in [0.15, 0.2) is 0 Å². The molecule has 0 spiro atoms. The summed E-state index contributed by atoms with van der Waals surface area (Å²) >= 11 is 3.33. The predicted octanol–water partition coefficient (Wildman–Crippen LogP) is 3.73. The highest BCUT2D eigenvalue weighted by Crippen LogP contribution is 2.18. The van der Waals surface area contributed by atoms with E-state index in [1.807, 2.05) is 6.07 Å². The molecule has 3 rings (SSSR count). The van der Waals surface area contributed by atoms with E-state index in [-0.39, 0.29) is 18.4 Å². The Bertz CT molecular complexity index is 838. The lowest BCUT2D eigenvalue weighted by molar-refractivity contribution is -0.120. The normalized spacial score (nSPS) is 17.0. The lowest BCUT2D eigenvalue weighted by Crippen LogP contribution is -2.36. The predicted molar refractivity (Wildman–Crippen MR) is 118 cm³/mol. The Morgan fingerprint density at radius 1 is 1.10 bits per heavy atom. The van der Waals surface area contributed by atoms with E-state index in [1.165, 1.54) is 31.5 Å². The number of carbonyl (C=O) groups excluding carboxylic acids is 2. The second kappa shape index (κ2) is 10.6. The average molecular weight is 458 g/mol. The van der Waals surface area contributed by atoms with Crippen molar-refractivity contribution in [1.29, 1.82) is 0 Å². The third-order valence-corrected chi connectivity index (χ3v) is 5.65. The van der Waals surface area contributed by atoms with Crippen molar-refractivity contribution in [3.05, 3.63) is 69.7 Å². The molecule has 1 aliphatic rings. The van der Waals surface area contributed by atoms with Gasteiger partial charge in [-0.2, -0.15) is 0 Å². The molecule has 2 amide bonds. The summed E-state index contributed by atoms with van der Waals surface area (Å²) in [6.45, 7) is 6.05. The van der Waals surface area contributed by atoms with Crippen molar-refractivity contribution in [2.45, 2.75) is 32.9 Å². The second-order valence-electron chi connectivity index (χ2n) is 7.77. The van der Waals surface area contributed by atoms with E-state index < -0.39 is 0 Å². The number of hydrogen-bond donors (Lipinski definition) is 2. The minimum atomic E-state index is -0.266. The quantitative estimate of drug-likeness (QED) is 0.665. The molecule has 1 saturated heterocycles. The number of halogens is 1. The number of nitrogens with zero attached hydrogens (tertiary/aromatic N) is 1. The molecule has 5 nitrogen and oxygen atoms in total. The minimum Gasteiger partial charge on any atom is -0.350 e. The molecule has 2 N–H and O–H groups in total. The Morgan fingerprint density at radius 3 is 2.59 bits per heavy atom. The lowest BCUT2D eigenvalue weighted by Gasteiger charge is -2.30. The maximum absolute atomic E-state index is 12.1. The largest absolute Gasteiger partial charge is 0.350 e. The number of amides is 2. The van der Waals surface area contributed by atoms with Crippen LogP contribution in [0.1, 0.15) is 41.3 Å². The molecule has 1 heterocycles. The number of carbonyl (C=O) groups is 2. The van der Waals surface area contributed by atoms with Gasteiger partial charge < -0.3 is 10.6 Å². The van der Waals surface area contributed by atoms with Crippen molar-refractivity contribution in [3.8, 4) is 0 Å². The summed E-state index contributed by atoms with van der Waals surface area (Å²) in [6.07, 6.45) is 2.61. The van der Waals surface area contributed by atoms with Gasteiger partial charge in [0.2, 0.25) is 5.91 Å². The molecule has 1 aliphatic heterocycles. The van der Waals surface area contributed by atoms with Crippen LogP contribution in [-0.2, 0) is 17.9 Å². The van der Waals surface area contributed by atoms with Crippen LogP contribution in [-0.4, -0.2) is 36.3 Å². The molecule has 154 valence electrons. The molecular weight excluding hydrogens is 430 g/mol. The topological polar surface area (TPSA) is 61.4 Å². The van der Waals surface area contributed by atoms with E-state index in [9.17, 15) is 9.59 Å². The first-order valence-electron chi connectivity index (χ1n) is 10.1. The highest BCUT2D eigenvalue weighted by atomic mass is 79.9. The SMILES string of the molecule is CC1CCCN(Cc2ccc(CNC(=O)CNC(=O)c3cccc(Br)c3)cc2)C1. The molecule has 0 aromatic heterocycles. The van der Waals surface area contributed by atoms with Crippen molar-refractivity contribution in [2.75, 3.05) is 19.6 Å². The zero-order valence-electron chi connectivity index (χ0n) is 16.8. The van der Waals surface area contributed by atoms with Crippen molar-refractivity contribution in [1.82, 2.24) is 15.5 Å². The highest BCUT2D eigenvalue weighted by molar-refractivity contribution is 9.10. The summed E-state index contributed by atoms with van der Waals surface area (Å²) in [5.74, 6) is 0.305. The Kier molecular flexibility index (Phi) is 7.83. The molecule has 1 unspecified atom stereocenters. The second-order valence-corrected chi connectivity index (χ2v) is 8.68. The number of rotatable bonds is 7. The Labute approximate surface area is 181 Å². The van der Waals surface area contributed by atoms with E-state index in [0.29, 0.717) is 12.1 Å². The van der Waals surface area contributed by atoms with Gasteiger partial charge in [-0.05, 0) is 54.6 Å². The molecule has 2 aromatic carbocycles. The Hall–Kier alpha value is -2.18. The highest BCUT2D eigenvalue weighted by Gasteiger charge is 2.16. The molecule has 1 fully saturated rings. The first-order valence-corrected chi connectivity index (χ1v) is 10.9. The number of nitrogens with one attached hydrogen (secondary N) is 2. The molecule has 2 aromatic rings. The minimum absolute atomic E-state index is 0.0451. The van der Waals surface area contributed by atoms with Crippen molar-refractivity contribution in [2.24, 2.45) is 5.92 Å². The van der Waals surface area contributed by atoms with E-state index in [2.05, 4.69) is 62.7 Å². The van der Waals surface area contributed by atoms with Crippen LogP contribution in [0.25, 0.3) is 0 Å². The molecule has 0 radical (unpaired) electrons. The third kappa shape index (κ3) is 6.98. The van der Waals surface area contributed by atoms with Gasteiger partial charge in [0.25, 0.3) is 5.91 Å². The van der Waals surface area contributed by atoms with Crippen LogP contribution < -0.4 is 10.6 Å². The van der Waals surface area contributed by atoms with Crippen LogP contribution >= 0.6 is 15.9 Å². The summed E-state index contributed by atoms with van der Waals surface area (Å²) in [5.41, 5.74) is 2.87. The molecule has 0 aliphatic carbocycles. The number of piperidine rings is 1. The fraction of sp³-hybridized carbons (Fsp3) is 0.391. The Morgan fingerprint density at radius 2 is 1.86 bits per heavy atom. The van der Waals surface area contributed by atoms with Crippen molar-refractivity contribution >= 4 is 27.7 Å². The molecule has 0 bridgehead atoms. The van der Waals surface area contributed by atoms with Crippen LogP contribution in [0, 0.1) is 5.92 Å². The van der Waals surface area contributed by atoms with Crippen LogP contribution in [0.4, 0.5) is 0 Å². The summed E-state index contributed by atoms with van der Waals surface area (Å²) in [6, 6.07) is 15.5. The van der Waals surface area contributed by atoms with Crippen molar-refractivity contribution < 1.29 is 9.59 Å².